The zero-order valence-electron chi connectivity index (χ0n) is 8.82. The molecule has 2 rings (SSSR count). The Morgan fingerprint density at radius 2 is 2.27 bits per heavy atom. The third kappa shape index (κ3) is 1.75. The van der Waals surface area contributed by atoms with E-state index in [1.165, 1.54) is 12.7 Å². The largest absolute Gasteiger partial charge is 0.469 e. The maximum Gasteiger partial charge on any atom is 0.307 e. The maximum atomic E-state index is 11.3. The Labute approximate surface area is 89.2 Å². The molecule has 1 aliphatic rings. The highest BCUT2D eigenvalue weighted by Crippen LogP contribution is 2.37. The van der Waals surface area contributed by atoms with Crippen molar-refractivity contribution in [2.24, 2.45) is 5.73 Å². The van der Waals surface area contributed by atoms with Gasteiger partial charge in [-0.05, 0) is 24.0 Å². The molecule has 0 heterocycles. The van der Waals surface area contributed by atoms with Crippen molar-refractivity contribution in [3.63, 3.8) is 0 Å². The molecule has 3 heteroatoms. The van der Waals surface area contributed by atoms with E-state index < -0.39 is 5.54 Å². The van der Waals surface area contributed by atoms with Crippen molar-refractivity contribution in [3.05, 3.63) is 35.4 Å². The normalized spacial score (nSPS) is 23.6. The minimum Gasteiger partial charge on any atom is -0.469 e. The van der Waals surface area contributed by atoms with Crippen LogP contribution in [-0.4, -0.2) is 13.1 Å². The zero-order valence-corrected chi connectivity index (χ0v) is 8.82. The van der Waals surface area contributed by atoms with Gasteiger partial charge < -0.3 is 10.5 Å². The Bertz CT molecular complexity index is 389. The molecular formula is C12H15NO2. The van der Waals surface area contributed by atoms with E-state index in [9.17, 15) is 4.79 Å². The van der Waals surface area contributed by atoms with Crippen LogP contribution < -0.4 is 5.73 Å². The van der Waals surface area contributed by atoms with Gasteiger partial charge in [-0.2, -0.15) is 0 Å². The van der Waals surface area contributed by atoms with Gasteiger partial charge in [-0.3, -0.25) is 4.79 Å². The predicted molar refractivity (Wildman–Crippen MR) is 57.3 cm³/mol. The number of esters is 1. The number of hydrogen-bond acceptors (Lipinski definition) is 3. The summed E-state index contributed by atoms with van der Waals surface area (Å²) < 4.78 is 4.67. The van der Waals surface area contributed by atoms with Gasteiger partial charge in [-0.15, -0.1) is 0 Å². The second kappa shape index (κ2) is 3.66. The molecule has 0 saturated carbocycles. The number of benzene rings is 1. The van der Waals surface area contributed by atoms with Crippen LogP contribution in [0.4, 0.5) is 0 Å². The van der Waals surface area contributed by atoms with Gasteiger partial charge in [0.25, 0.3) is 0 Å². The summed E-state index contributed by atoms with van der Waals surface area (Å²) in [4.78, 5) is 11.3. The summed E-state index contributed by atoms with van der Waals surface area (Å²) in [6, 6.07) is 8.04. The molecule has 3 nitrogen and oxygen atoms in total. The number of hydrogen-bond donors (Lipinski definition) is 1. The Hall–Kier alpha value is -1.35. The van der Waals surface area contributed by atoms with Gasteiger partial charge in [0.1, 0.15) is 0 Å². The maximum absolute atomic E-state index is 11.3. The summed E-state index contributed by atoms with van der Waals surface area (Å²) in [6.45, 7) is 0. The molecule has 0 saturated heterocycles. The van der Waals surface area contributed by atoms with Crippen LogP contribution in [0.5, 0.6) is 0 Å². The second-order valence-electron chi connectivity index (χ2n) is 4.07. The number of ether oxygens (including phenoxy) is 1. The molecule has 0 aliphatic heterocycles. The molecule has 1 unspecified atom stereocenters. The lowest BCUT2D eigenvalue weighted by atomic mass is 9.89. The van der Waals surface area contributed by atoms with Gasteiger partial charge in [0.15, 0.2) is 0 Å². The molecule has 0 bridgehead atoms. The van der Waals surface area contributed by atoms with E-state index in [1.54, 1.807) is 0 Å². The van der Waals surface area contributed by atoms with Crippen molar-refractivity contribution >= 4 is 5.97 Å². The third-order valence-corrected chi connectivity index (χ3v) is 3.08. The van der Waals surface area contributed by atoms with Crippen molar-refractivity contribution in [1.29, 1.82) is 0 Å². The molecule has 80 valence electrons. The molecule has 1 aliphatic carbocycles. The fourth-order valence-corrected chi connectivity index (χ4v) is 2.23. The molecule has 1 atom stereocenters. The van der Waals surface area contributed by atoms with Crippen LogP contribution in [0.25, 0.3) is 0 Å². The van der Waals surface area contributed by atoms with Gasteiger partial charge in [0, 0.05) is 0 Å². The first-order chi connectivity index (χ1) is 7.15. The number of carbonyl (C=O) groups excluding carboxylic acids is 1. The molecule has 0 aromatic heterocycles. The average Bonchev–Trinajstić information content (AvgIpc) is 2.57. The van der Waals surface area contributed by atoms with Crippen LogP contribution in [0.2, 0.25) is 0 Å². The summed E-state index contributed by atoms with van der Waals surface area (Å²) >= 11 is 0. The summed E-state index contributed by atoms with van der Waals surface area (Å²) in [5.74, 6) is -0.241. The second-order valence-corrected chi connectivity index (χ2v) is 4.07. The number of nitrogens with two attached hydrogens (primary N) is 1. The van der Waals surface area contributed by atoms with Gasteiger partial charge >= 0.3 is 5.97 Å². The number of fused-ring (bicyclic) bond motifs is 1. The van der Waals surface area contributed by atoms with Crippen LogP contribution in [0, 0.1) is 0 Å². The first-order valence-corrected chi connectivity index (χ1v) is 5.10. The van der Waals surface area contributed by atoms with Crippen LogP contribution in [0.15, 0.2) is 24.3 Å². The molecule has 1 aromatic rings. The van der Waals surface area contributed by atoms with Crippen LogP contribution in [0.1, 0.15) is 24.0 Å². The van der Waals surface area contributed by atoms with E-state index in [2.05, 4.69) is 10.8 Å². The number of aryl methyl sites for hydroxylation is 1. The van der Waals surface area contributed by atoms with Crippen molar-refractivity contribution < 1.29 is 9.53 Å². The lowest BCUT2D eigenvalue weighted by Crippen LogP contribution is -2.36. The lowest BCUT2D eigenvalue weighted by molar-refractivity contribution is -0.142. The van der Waals surface area contributed by atoms with Gasteiger partial charge in [0.2, 0.25) is 0 Å². The molecule has 0 radical (unpaired) electrons. The van der Waals surface area contributed by atoms with Crippen LogP contribution in [-0.2, 0) is 21.5 Å². The third-order valence-electron chi connectivity index (χ3n) is 3.08. The summed E-state index contributed by atoms with van der Waals surface area (Å²) in [5, 5.41) is 0. The van der Waals surface area contributed by atoms with Gasteiger partial charge in [-0.25, -0.2) is 0 Å². The highest BCUT2D eigenvalue weighted by molar-refractivity contribution is 5.71. The number of methoxy groups -OCH3 is 1. The fraction of sp³-hybridized carbons (Fsp3) is 0.417. The minimum absolute atomic E-state index is 0.241. The molecule has 0 amide bonds. The van der Waals surface area contributed by atoms with Crippen molar-refractivity contribution in [2.45, 2.75) is 24.8 Å². The first kappa shape index (κ1) is 10.2. The van der Waals surface area contributed by atoms with Crippen LogP contribution in [0.3, 0.4) is 0 Å². The predicted octanol–water partition coefficient (Wildman–Crippen LogP) is 1.35. The molecule has 1 aromatic carbocycles. The number of rotatable bonds is 2. The zero-order chi connectivity index (χ0) is 10.9. The van der Waals surface area contributed by atoms with Crippen molar-refractivity contribution in [3.8, 4) is 0 Å². The average molecular weight is 205 g/mol. The Morgan fingerprint density at radius 3 is 3.00 bits per heavy atom. The van der Waals surface area contributed by atoms with Crippen LogP contribution >= 0.6 is 0 Å². The summed E-state index contributed by atoms with van der Waals surface area (Å²) in [6.07, 6.45) is 2.03. The minimum atomic E-state index is -0.524. The molecule has 0 fully saturated rings. The fourth-order valence-electron chi connectivity index (χ4n) is 2.23. The Morgan fingerprint density at radius 1 is 1.53 bits per heavy atom. The van der Waals surface area contributed by atoms with E-state index in [-0.39, 0.29) is 12.4 Å². The molecule has 0 spiro atoms. The Balaban J connectivity index is 2.28. The number of carbonyl (C=O) groups is 1. The van der Waals surface area contributed by atoms with E-state index >= 15 is 0 Å². The van der Waals surface area contributed by atoms with E-state index in [0.29, 0.717) is 0 Å². The molecule has 15 heavy (non-hydrogen) atoms. The topological polar surface area (TPSA) is 52.3 Å². The quantitative estimate of drug-likeness (QED) is 0.741. The van der Waals surface area contributed by atoms with Crippen molar-refractivity contribution in [1.82, 2.24) is 0 Å². The monoisotopic (exact) mass is 205 g/mol. The summed E-state index contributed by atoms with van der Waals surface area (Å²) in [7, 11) is 1.40. The SMILES string of the molecule is COC(=O)CC1(N)CCc2ccccc21. The molecule has 2 N–H and O–H groups in total. The smallest absolute Gasteiger partial charge is 0.307 e. The Kier molecular flexibility index (Phi) is 2.49. The molecular weight excluding hydrogens is 190 g/mol. The standard InChI is InChI=1S/C12H15NO2/c1-15-11(14)8-12(13)7-6-9-4-2-3-5-10(9)12/h2-5H,6-8,13H2,1H3. The van der Waals surface area contributed by atoms with E-state index in [0.717, 1.165) is 18.4 Å². The lowest BCUT2D eigenvalue weighted by Gasteiger charge is -2.23. The van der Waals surface area contributed by atoms with E-state index in [4.69, 9.17) is 5.73 Å². The van der Waals surface area contributed by atoms with Gasteiger partial charge in [0.05, 0.1) is 19.1 Å². The van der Waals surface area contributed by atoms with Crippen molar-refractivity contribution in [2.75, 3.05) is 7.11 Å². The highest BCUT2D eigenvalue weighted by atomic mass is 16.5. The summed E-state index contributed by atoms with van der Waals surface area (Å²) in [5.41, 5.74) is 8.07. The highest BCUT2D eigenvalue weighted by Gasteiger charge is 2.36. The van der Waals surface area contributed by atoms with E-state index in [1.807, 2.05) is 18.2 Å². The van der Waals surface area contributed by atoms with Gasteiger partial charge in [-0.1, -0.05) is 24.3 Å². The first-order valence-electron chi connectivity index (χ1n) is 5.10.